The Morgan fingerprint density at radius 3 is 2.38 bits per heavy atom. The lowest BCUT2D eigenvalue weighted by molar-refractivity contribution is 1.07. The number of para-hydroxylation sites is 1. The average molecular weight is 511 g/mol. The number of nitrogens with zero attached hydrogens (tertiary/aromatic N) is 4. The Morgan fingerprint density at radius 2 is 1.54 bits per heavy atom. The SMILES string of the molecule is CNc1ncnc(NCc2cc3ccccc3nc2-c2ccccc2)c1C(=N)c1ccc2nc(N)ccc2c1. The van der Waals surface area contributed by atoms with Gasteiger partial charge in [0.2, 0.25) is 0 Å². The van der Waals surface area contributed by atoms with Gasteiger partial charge in [0.05, 0.1) is 28.0 Å². The maximum absolute atomic E-state index is 9.12. The largest absolute Gasteiger partial charge is 0.384 e. The van der Waals surface area contributed by atoms with Gasteiger partial charge in [-0.05, 0) is 42.0 Å². The van der Waals surface area contributed by atoms with Crippen LogP contribution in [-0.2, 0) is 6.54 Å². The molecule has 3 aromatic carbocycles. The standard InChI is InChI=1S/C31H26N8/c1-34-30-27(28(33)22-11-13-25-21(15-22)12-14-26(32)38-25)31(37-18-36-30)35-17-23-16-20-9-5-6-10-24(20)39-29(23)19-7-3-2-4-8-19/h2-16,18,33H,17H2,1H3,(H2,32,38)(H2,34,35,36,37). The highest BCUT2D eigenvalue weighted by atomic mass is 15.1. The third-order valence-electron chi connectivity index (χ3n) is 6.63. The van der Waals surface area contributed by atoms with Crippen molar-refractivity contribution in [3.05, 3.63) is 114 Å². The minimum Gasteiger partial charge on any atom is -0.384 e. The first-order valence-corrected chi connectivity index (χ1v) is 12.6. The highest BCUT2D eigenvalue weighted by molar-refractivity contribution is 6.17. The highest BCUT2D eigenvalue weighted by Crippen LogP contribution is 2.29. The van der Waals surface area contributed by atoms with Gasteiger partial charge in [0.25, 0.3) is 0 Å². The fraction of sp³-hybridized carbons (Fsp3) is 0.0645. The molecule has 6 aromatic rings. The second-order valence-corrected chi connectivity index (χ2v) is 9.12. The molecule has 0 aliphatic carbocycles. The number of pyridine rings is 2. The van der Waals surface area contributed by atoms with E-state index in [0.717, 1.165) is 44.2 Å². The Bertz CT molecular complexity index is 1830. The molecule has 0 bridgehead atoms. The Balaban J connectivity index is 1.39. The number of nitrogen functional groups attached to an aromatic ring is 1. The van der Waals surface area contributed by atoms with Gasteiger partial charge >= 0.3 is 0 Å². The number of benzene rings is 3. The van der Waals surface area contributed by atoms with Crippen LogP contribution in [0, 0.1) is 5.41 Å². The van der Waals surface area contributed by atoms with Crippen molar-refractivity contribution in [2.24, 2.45) is 0 Å². The smallest absolute Gasteiger partial charge is 0.141 e. The van der Waals surface area contributed by atoms with Crippen LogP contribution in [0.25, 0.3) is 33.1 Å². The molecule has 39 heavy (non-hydrogen) atoms. The van der Waals surface area contributed by atoms with Gasteiger partial charge in [0, 0.05) is 35.5 Å². The summed E-state index contributed by atoms with van der Waals surface area (Å²) in [5, 5.41) is 17.7. The van der Waals surface area contributed by atoms with E-state index in [-0.39, 0.29) is 0 Å². The van der Waals surface area contributed by atoms with E-state index in [1.165, 1.54) is 6.33 Å². The fourth-order valence-corrected chi connectivity index (χ4v) is 4.71. The molecule has 0 amide bonds. The summed E-state index contributed by atoms with van der Waals surface area (Å²) in [6.45, 7) is 0.462. The van der Waals surface area contributed by atoms with Crippen molar-refractivity contribution < 1.29 is 0 Å². The first kappa shape index (κ1) is 24.0. The lowest BCUT2D eigenvalue weighted by Crippen LogP contribution is -2.14. The molecule has 3 heterocycles. The summed E-state index contributed by atoms with van der Waals surface area (Å²) in [4.78, 5) is 18.3. The Kier molecular flexibility index (Phi) is 6.26. The van der Waals surface area contributed by atoms with Gasteiger partial charge in [-0.3, -0.25) is 5.41 Å². The molecule has 8 heteroatoms. The van der Waals surface area contributed by atoms with Crippen molar-refractivity contribution >= 4 is 45.0 Å². The predicted octanol–water partition coefficient (Wildman–Crippen LogP) is 5.89. The van der Waals surface area contributed by atoms with E-state index in [2.05, 4.69) is 49.9 Å². The van der Waals surface area contributed by atoms with Crippen molar-refractivity contribution in [3.8, 4) is 11.3 Å². The summed E-state index contributed by atoms with van der Waals surface area (Å²) in [5.41, 5.74) is 12.1. The molecule has 0 spiro atoms. The zero-order chi connectivity index (χ0) is 26.8. The quantitative estimate of drug-likeness (QED) is 0.197. The molecule has 0 aliphatic rings. The minimum absolute atomic E-state index is 0.293. The van der Waals surface area contributed by atoms with Gasteiger partial charge in [-0.1, -0.05) is 54.6 Å². The molecule has 0 aliphatic heterocycles. The van der Waals surface area contributed by atoms with Crippen LogP contribution in [0.1, 0.15) is 16.7 Å². The molecular formula is C31H26N8. The summed E-state index contributed by atoms with van der Waals surface area (Å²) in [6.07, 6.45) is 1.49. The summed E-state index contributed by atoms with van der Waals surface area (Å²) in [7, 11) is 1.79. The molecule has 0 fully saturated rings. The Labute approximate surface area is 225 Å². The number of aromatic nitrogens is 4. The third kappa shape index (κ3) is 4.71. The van der Waals surface area contributed by atoms with Crippen molar-refractivity contribution in [1.29, 1.82) is 5.41 Å². The fourth-order valence-electron chi connectivity index (χ4n) is 4.71. The number of nitrogens with one attached hydrogen (secondary N) is 3. The normalized spacial score (nSPS) is 11.0. The van der Waals surface area contributed by atoms with Gasteiger partial charge < -0.3 is 16.4 Å². The van der Waals surface area contributed by atoms with E-state index < -0.39 is 0 Å². The van der Waals surface area contributed by atoms with E-state index in [1.807, 2.05) is 60.7 Å². The molecular weight excluding hydrogens is 484 g/mol. The predicted molar refractivity (Wildman–Crippen MR) is 158 cm³/mol. The van der Waals surface area contributed by atoms with Gasteiger partial charge in [0.1, 0.15) is 23.8 Å². The van der Waals surface area contributed by atoms with E-state index in [1.54, 1.807) is 13.1 Å². The van der Waals surface area contributed by atoms with Crippen molar-refractivity contribution in [1.82, 2.24) is 19.9 Å². The highest BCUT2D eigenvalue weighted by Gasteiger charge is 2.19. The van der Waals surface area contributed by atoms with Crippen LogP contribution in [0.5, 0.6) is 0 Å². The first-order chi connectivity index (χ1) is 19.1. The summed E-state index contributed by atoms with van der Waals surface area (Å²) < 4.78 is 0. The lowest BCUT2D eigenvalue weighted by atomic mass is 10.0. The van der Waals surface area contributed by atoms with Crippen molar-refractivity contribution in [3.63, 3.8) is 0 Å². The van der Waals surface area contributed by atoms with E-state index in [0.29, 0.717) is 35.3 Å². The molecule has 3 aromatic heterocycles. The number of hydrogen-bond donors (Lipinski definition) is 4. The number of nitrogens with two attached hydrogens (primary N) is 1. The summed E-state index contributed by atoms with van der Waals surface area (Å²) in [6, 6.07) is 29.8. The number of rotatable bonds is 7. The topological polar surface area (TPSA) is 125 Å². The molecule has 190 valence electrons. The molecule has 5 N–H and O–H groups in total. The molecule has 0 unspecified atom stereocenters. The van der Waals surface area contributed by atoms with Crippen LogP contribution in [-0.4, -0.2) is 32.7 Å². The van der Waals surface area contributed by atoms with Crippen LogP contribution in [0.3, 0.4) is 0 Å². The zero-order valence-corrected chi connectivity index (χ0v) is 21.3. The van der Waals surface area contributed by atoms with Crippen LogP contribution in [0.15, 0.2) is 97.3 Å². The molecule has 6 rings (SSSR count). The van der Waals surface area contributed by atoms with E-state index in [4.69, 9.17) is 16.1 Å². The van der Waals surface area contributed by atoms with Crippen LogP contribution in [0.4, 0.5) is 17.5 Å². The molecule has 0 radical (unpaired) electrons. The minimum atomic E-state index is 0.293. The van der Waals surface area contributed by atoms with Crippen LogP contribution < -0.4 is 16.4 Å². The third-order valence-corrected chi connectivity index (χ3v) is 6.63. The lowest BCUT2D eigenvalue weighted by Gasteiger charge is -2.17. The molecule has 0 saturated heterocycles. The molecule has 0 saturated carbocycles. The van der Waals surface area contributed by atoms with Gasteiger partial charge in [-0.2, -0.15) is 0 Å². The van der Waals surface area contributed by atoms with Gasteiger partial charge in [0.15, 0.2) is 0 Å². The second-order valence-electron chi connectivity index (χ2n) is 9.12. The zero-order valence-electron chi connectivity index (χ0n) is 21.3. The van der Waals surface area contributed by atoms with Crippen molar-refractivity contribution in [2.75, 3.05) is 23.4 Å². The van der Waals surface area contributed by atoms with E-state index >= 15 is 0 Å². The summed E-state index contributed by atoms with van der Waals surface area (Å²) >= 11 is 0. The van der Waals surface area contributed by atoms with Crippen LogP contribution >= 0.6 is 0 Å². The van der Waals surface area contributed by atoms with E-state index in [9.17, 15) is 0 Å². The first-order valence-electron chi connectivity index (χ1n) is 12.6. The number of anilines is 3. The van der Waals surface area contributed by atoms with Gasteiger partial charge in [-0.15, -0.1) is 0 Å². The maximum Gasteiger partial charge on any atom is 0.141 e. The Morgan fingerprint density at radius 1 is 0.795 bits per heavy atom. The molecule has 0 atom stereocenters. The average Bonchev–Trinajstić information content (AvgIpc) is 2.99. The molecule has 8 nitrogen and oxygen atoms in total. The van der Waals surface area contributed by atoms with Crippen molar-refractivity contribution in [2.45, 2.75) is 6.54 Å². The second kappa shape index (κ2) is 10.2. The summed E-state index contributed by atoms with van der Waals surface area (Å²) in [5.74, 6) is 1.58. The number of hydrogen-bond acceptors (Lipinski definition) is 8. The number of fused-ring (bicyclic) bond motifs is 2. The monoisotopic (exact) mass is 510 g/mol. The maximum atomic E-state index is 9.12. The van der Waals surface area contributed by atoms with Crippen LogP contribution in [0.2, 0.25) is 0 Å². The Hall–Kier alpha value is -5.37. The van der Waals surface area contributed by atoms with Gasteiger partial charge in [-0.25, -0.2) is 19.9 Å².